The number of nitrogens with zero attached hydrogens (tertiary/aromatic N) is 2. The quantitative estimate of drug-likeness (QED) is 0.0826. The summed E-state index contributed by atoms with van der Waals surface area (Å²) in [6.07, 6.45) is 3.10. The molecule has 240 valence electrons. The molecule has 0 bridgehead atoms. The number of nitrogen functional groups attached to an aromatic ring is 1. The van der Waals surface area contributed by atoms with Crippen LogP contribution in [-0.4, -0.2) is 50.3 Å². The van der Waals surface area contributed by atoms with Gasteiger partial charge in [0.15, 0.2) is 5.82 Å². The highest BCUT2D eigenvalue weighted by Crippen LogP contribution is 2.48. The van der Waals surface area contributed by atoms with E-state index >= 15 is 0 Å². The Hall–Kier alpha value is -4.03. The lowest BCUT2D eigenvalue weighted by Gasteiger charge is -2.22. The molecule has 1 aliphatic carbocycles. The van der Waals surface area contributed by atoms with E-state index in [-0.39, 0.29) is 62.8 Å². The predicted molar refractivity (Wildman–Crippen MR) is 167 cm³/mol. The van der Waals surface area contributed by atoms with Crippen LogP contribution < -0.4 is 26.3 Å². The van der Waals surface area contributed by atoms with E-state index in [2.05, 4.69) is 29.9 Å². The van der Waals surface area contributed by atoms with Crippen LogP contribution in [-0.2, 0) is 10.2 Å². The molecule has 2 aliphatic rings. The number of carbonyl (C=O) groups is 2. The number of nitrogens with two attached hydrogens (primary N) is 2. The van der Waals surface area contributed by atoms with Crippen molar-refractivity contribution in [2.24, 2.45) is 16.6 Å². The first kappa shape index (κ1) is 33.9. The monoisotopic (exact) mass is 665 g/mol. The van der Waals surface area contributed by atoms with Crippen molar-refractivity contribution >= 4 is 47.4 Å². The van der Waals surface area contributed by atoms with Crippen molar-refractivity contribution in [2.45, 2.75) is 44.6 Å². The highest BCUT2D eigenvalue weighted by atomic mass is 35.5. The van der Waals surface area contributed by atoms with Crippen LogP contribution in [0.3, 0.4) is 0 Å². The molecule has 1 unspecified atom stereocenters. The van der Waals surface area contributed by atoms with Crippen LogP contribution in [0.4, 0.5) is 18.9 Å². The molecule has 45 heavy (non-hydrogen) atoms. The van der Waals surface area contributed by atoms with Crippen molar-refractivity contribution in [3.63, 3.8) is 0 Å². The second-order valence-corrected chi connectivity index (χ2v) is 12.0. The smallest absolute Gasteiger partial charge is 0.331 e. The number of aromatic nitrogens is 1. The van der Waals surface area contributed by atoms with Gasteiger partial charge in [-0.1, -0.05) is 37.0 Å². The Morgan fingerprint density at radius 2 is 1.87 bits per heavy atom. The minimum absolute atomic E-state index is 0.0926. The number of fused-ring (bicyclic) bond motifs is 1. The summed E-state index contributed by atoms with van der Waals surface area (Å²) in [7, 11) is 1.37. The number of carbonyl (C=O) groups excluding carboxylic acids is 2. The number of methoxy groups -OCH3 is 1. The van der Waals surface area contributed by atoms with E-state index in [1.54, 1.807) is 0 Å². The molecule has 2 heterocycles. The topological polar surface area (TPSA) is 142 Å². The van der Waals surface area contributed by atoms with Crippen molar-refractivity contribution in [3.8, 4) is 22.8 Å². The van der Waals surface area contributed by atoms with Crippen LogP contribution >= 0.6 is 23.2 Å². The normalized spacial score (nSPS) is 15.6. The molecule has 14 heteroatoms. The SMILES string of the molecule is COc1cc(C(=O)NCC(c2cc3c(c(-c4cc(Cl)c(F)c(Cl)c4)n2)OCC3(C)C)C2CC2)cc(/C=N/C(F)F)c1N.NC=O. The van der Waals surface area contributed by atoms with Crippen LogP contribution in [0.2, 0.25) is 10.0 Å². The average Bonchev–Trinajstić information content (AvgIpc) is 3.78. The Kier molecular flexibility index (Phi) is 10.5. The summed E-state index contributed by atoms with van der Waals surface area (Å²) < 4.78 is 50.9. The first-order chi connectivity index (χ1) is 21.3. The number of anilines is 1. The van der Waals surface area contributed by atoms with Gasteiger partial charge in [0.25, 0.3) is 5.91 Å². The fraction of sp³-hybridized carbons (Fsp3) is 0.355. The fourth-order valence-electron chi connectivity index (χ4n) is 5.12. The summed E-state index contributed by atoms with van der Waals surface area (Å²) in [5.41, 5.74) is 13.0. The lowest BCUT2D eigenvalue weighted by molar-refractivity contribution is -0.106. The molecule has 0 radical (unpaired) electrons. The van der Waals surface area contributed by atoms with E-state index in [1.807, 2.05) is 6.07 Å². The number of nitrogens with one attached hydrogen (secondary N) is 1. The first-order valence-corrected chi connectivity index (χ1v) is 14.6. The maximum absolute atomic E-state index is 14.2. The highest BCUT2D eigenvalue weighted by Gasteiger charge is 2.39. The molecule has 2 amide bonds. The Morgan fingerprint density at radius 3 is 2.44 bits per heavy atom. The number of hydrogen-bond acceptors (Lipinski definition) is 7. The number of alkyl halides is 2. The Labute approximate surface area is 268 Å². The van der Waals surface area contributed by atoms with Gasteiger partial charge in [-0.2, -0.15) is 8.78 Å². The van der Waals surface area contributed by atoms with Crippen LogP contribution in [0.1, 0.15) is 59.8 Å². The summed E-state index contributed by atoms with van der Waals surface area (Å²) in [4.78, 5) is 29.9. The number of halogens is 5. The van der Waals surface area contributed by atoms with E-state index in [4.69, 9.17) is 48.2 Å². The van der Waals surface area contributed by atoms with Gasteiger partial charge in [0, 0.05) is 52.0 Å². The number of aliphatic imine (C=N–C) groups is 1. The van der Waals surface area contributed by atoms with E-state index in [1.165, 1.54) is 31.4 Å². The molecule has 5 N–H and O–H groups in total. The molecule has 1 fully saturated rings. The van der Waals surface area contributed by atoms with Gasteiger partial charge in [-0.3, -0.25) is 9.59 Å². The molecule has 1 saturated carbocycles. The molecule has 1 atom stereocenters. The van der Waals surface area contributed by atoms with Crippen molar-refractivity contribution < 1.29 is 32.2 Å². The van der Waals surface area contributed by atoms with Crippen LogP contribution in [0.25, 0.3) is 11.3 Å². The minimum Gasteiger partial charge on any atom is -0.495 e. The molecule has 5 rings (SSSR count). The Morgan fingerprint density at radius 1 is 1.22 bits per heavy atom. The number of hydrogen-bond donors (Lipinski definition) is 3. The number of pyridine rings is 1. The van der Waals surface area contributed by atoms with Gasteiger partial charge < -0.3 is 26.3 Å². The summed E-state index contributed by atoms with van der Waals surface area (Å²) in [5.74, 6) is -0.250. The summed E-state index contributed by atoms with van der Waals surface area (Å²) in [6, 6.07) is 7.80. The second kappa shape index (κ2) is 13.9. The zero-order valence-corrected chi connectivity index (χ0v) is 26.2. The van der Waals surface area contributed by atoms with Crippen molar-refractivity contribution in [1.29, 1.82) is 0 Å². The number of amides is 2. The molecule has 9 nitrogen and oxygen atoms in total. The number of primary amides is 1. The maximum Gasteiger partial charge on any atom is 0.331 e. The molecule has 0 spiro atoms. The molecule has 2 aromatic carbocycles. The Bertz CT molecular complexity index is 1610. The van der Waals surface area contributed by atoms with Gasteiger partial charge in [0.05, 0.1) is 29.4 Å². The fourth-order valence-corrected chi connectivity index (χ4v) is 5.60. The predicted octanol–water partition coefficient (Wildman–Crippen LogP) is 6.12. The molecule has 1 aliphatic heterocycles. The Balaban J connectivity index is 0.00000148. The van der Waals surface area contributed by atoms with E-state index in [9.17, 15) is 18.0 Å². The van der Waals surface area contributed by atoms with E-state index < -0.39 is 18.3 Å². The lowest BCUT2D eigenvalue weighted by atomic mass is 9.84. The largest absolute Gasteiger partial charge is 0.495 e. The molecular formula is C31H32Cl2F3N5O4. The lowest BCUT2D eigenvalue weighted by Crippen LogP contribution is -2.30. The summed E-state index contributed by atoms with van der Waals surface area (Å²) in [6.45, 7) is 1.90. The van der Waals surface area contributed by atoms with Crippen LogP contribution in [0.15, 0.2) is 35.3 Å². The van der Waals surface area contributed by atoms with Crippen molar-refractivity contribution in [1.82, 2.24) is 10.3 Å². The van der Waals surface area contributed by atoms with Crippen molar-refractivity contribution in [3.05, 3.63) is 68.6 Å². The summed E-state index contributed by atoms with van der Waals surface area (Å²) in [5, 5.41) is 2.71. The molecule has 1 aromatic heterocycles. The van der Waals surface area contributed by atoms with Crippen LogP contribution in [0, 0.1) is 11.7 Å². The van der Waals surface area contributed by atoms with Gasteiger partial charge in [0.1, 0.15) is 17.2 Å². The molecular weight excluding hydrogens is 634 g/mol. The minimum atomic E-state index is -2.92. The number of ether oxygens (including phenoxy) is 2. The summed E-state index contributed by atoms with van der Waals surface area (Å²) >= 11 is 12.2. The van der Waals surface area contributed by atoms with Crippen molar-refractivity contribution in [2.75, 3.05) is 26.0 Å². The zero-order valence-electron chi connectivity index (χ0n) is 24.7. The van der Waals surface area contributed by atoms with Gasteiger partial charge in [-0.25, -0.2) is 14.4 Å². The van der Waals surface area contributed by atoms with Gasteiger partial charge in [-0.05, 0) is 49.1 Å². The first-order valence-electron chi connectivity index (χ1n) is 13.9. The third kappa shape index (κ3) is 7.62. The average molecular weight is 667 g/mol. The van der Waals surface area contributed by atoms with Gasteiger partial charge >= 0.3 is 6.55 Å². The number of benzene rings is 2. The third-order valence-electron chi connectivity index (χ3n) is 7.59. The molecule has 3 aromatic rings. The van der Waals surface area contributed by atoms with Gasteiger partial charge in [-0.15, -0.1) is 0 Å². The van der Waals surface area contributed by atoms with E-state index in [0.717, 1.165) is 30.3 Å². The molecule has 0 saturated heterocycles. The second-order valence-electron chi connectivity index (χ2n) is 11.2. The van der Waals surface area contributed by atoms with Gasteiger partial charge in [0.2, 0.25) is 6.41 Å². The third-order valence-corrected chi connectivity index (χ3v) is 8.14. The maximum atomic E-state index is 14.2. The van der Waals surface area contributed by atoms with E-state index in [0.29, 0.717) is 23.6 Å². The highest BCUT2D eigenvalue weighted by molar-refractivity contribution is 6.35. The van der Waals surface area contributed by atoms with Crippen LogP contribution in [0.5, 0.6) is 11.5 Å². The standard InChI is InChI=1S/C30H29Cl2F3N4O3.CH3NO/c1-30(2)13-42-27-19(30)10-22(39-26(27)15-7-20(31)24(33)21(32)8-15)18(14-4-5-14)12-37-28(40)16-6-17(11-38-29(34)35)25(36)23(9-16)41-3;2-1-3/h6-11,14,18,29H,4-5,12-13,36H2,1-3H3,(H,37,40);1H,(H2,2,3)/b38-11+;. The number of rotatable bonds is 9. The zero-order chi connectivity index (χ0) is 33.1.